The highest BCUT2D eigenvalue weighted by atomic mass is 35.5. The Morgan fingerprint density at radius 2 is 2.15 bits per heavy atom. The number of alkyl halides is 1. The van der Waals surface area contributed by atoms with Gasteiger partial charge in [0.05, 0.1) is 0 Å². The fourth-order valence-corrected chi connectivity index (χ4v) is 1.13. The van der Waals surface area contributed by atoms with Crippen LogP contribution in [0.3, 0.4) is 0 Å². The molecule has 0 amide bonds. The highest BCUT2D eigenvalue weighted by Crippen LogP contribution is 2.16. The molecule has 0 saturated carbocycles. The fourth-order valence-electron chi connectivity index (χ4n) is 0.852. The van der Waals surface area contributed by atoms with Gasteiger partial charge >= 0.3 is 0 Å². The Labute approximate surface area is 87.8 Å². The normalized spacial score (nSPS) is 9.08. The van der Waals surface area contributed by atoms with E-state index in [1.807, 2.05) is 0 Å². The second kappa shape index (κ2) is 5.01. The van der Waals surface area contributed by atoms with E-state index in [0.29, 0.717) is 23.0 Å². The van der Waals surface area contributed by atoms with Crippen LogP contribution in [0.4, 0.5) is 5.69 Å². The van der Waals surface area contributed by atoms with Gasteiger partial charge in [-0.1, -0.05) is 23.4 Å². The van der Waals surface area contributed by atoms with Crippen LogP contribution in [0, 0.1) is 11.8 Å². The Kier molecular flexibility index (Phi) is 3.95. The first-order chi connectivity index (χ1) is 6.24. The van der Waals surface area contributed by atoms with E-state index in [2.05, 4.69) is 11.8 Å². The van der Waals surface area contributed by atoms with E-state index in [0.717, 1.165) is 5.56 Å². The average molecular weight is 214 g/mol. The van der Waals surface area contributed by atoms with Crippen molar-refractivity contribution in [3.05, 3.63) is 28.8 Å². The second-order valence-corrected chi connectivity index (χ2v) is 3.29. The molecular formula is C10H9Cl2N. The number of hydrogen-bond donors (Lipinski definition) is 1. The standard InChI is InChI=1S/C10H9Cl2N/c11-6-2-1-3-8-4-5-9(12)7-10(8)13/h4-5,7H,2,6,13H2. The van der Waals surface area contributed by atoms with Gasteiger partial charge in [0.1, 0.15) is 0 Å². The third-order valence-corrected chi connectivity index (χ3v) is 1.88. The molecule has 1 aromatic carbocycles. The topological polar surface area (TPSA) is 26.0 Å². The van der Waals surface area contributed by atoms with Gasteiger partial charge in [0, 0.05) is 28.6 Å². The van der Waals surface area contributed by atoms with Crippen LogP contribution in [0.15, 0.2) is 18.2 Å². The molecule has 2 N–H and O–H groups in total. The van der Waals surface area contributed by atoms with Crippen molar-refractivity contribution < 1.29 is 0 Å². The Balaban J connectivity index is 2.85. The summed E-state index contributed by atoms with van der Waals surface area (Å²) in [6, 6.07) is 5.26. The zero-order valence-electron chi connectivity index (χ0n) is 6.98. The number of hydrogen-bond acceptors (Lipinski definition) is 1. The third-order valence-electron chi connectivity index (χ3n) is 1.46. The zero-order valence-corrected chi connectivity index (χ0v) is 8.49. The minimum absolute atomic E-state index is 0.542. The van der Waals surface area contributed by atoms with Crippen LogP contribution in [0.1, 0.15) is 12.0 Å². The van der Waals surface area contributed by atoms with Gasteiger partial charge in [-0.25, -0.2) is 0 Å². The van der Waals surface area contributed by atoms with Crippen molar-refractivity contribution in [1.29, 1.82) is 0 Å². The lowest BCUT2D eigenvalue weighted by Crippen LogP contribution is -1.89. The number of rotatable bonds is 1. The van der Waals surface area contributed by atoms with Crippen molar-refractivity contribution in [2.75, 3.05) is 11.6 Å². The molecule has 1 nitrogen and oxygen atoms in total. The van der Waals surface area contributed by atoms with Gasteiger partial charge in [0.25, 0.3) is 0 Å². The molecule has 1 aromatic rings. The summed E-state index contributed by atoms with van der Waals surface area (Å²) in [5.74, 6) is 6.37. The Bertz CT molecular complexity index is 350. The Morgan fingerprint density at radius 3 is 2.77 bits per heavy atom. The predicted molar refractivity (Wildman–Crippen MR) is 58.1 cm³/mol. The lowest BCUT2D eigenvalue weighted by molar-refractivity contribution is 1.29. The first kappa shape index (κ1) is 10.2. The molecule has 1 rings (SSSR count). The molecule has 0 aliphatic heterocycles. The SMILES string of the molecule is Nc1cc(Cl)ccc1C#CCCCl. The maximum absolute atomic E-state index is 5.73. The van der Waals surface area contributed by atoms with E-state index in [4.69, 9.17) is 28.9 Å². The molecule has 0 unspecified atom stereocenters. The van der Waals surface area contributed by atoms with Gasteiger partial charge in [-0.15, -0.1) is 11.6 Å². The van der Waals surface area contributed by atoms with E-state index >= 15 is 0 Å². The summed E-state index contributed by atoms with van der Waals surface area (Å²) < 4.78 is 0. The summed E-state index contributed by atoms with van der Waals surface area (Å²) in [6.07, 6.45) is 0.670. The predicted octanol–water partition coefficient (Wildman–Crippen LogP) is 2.90. The van der Waals surface area contributed by atoms with Crippen LogP contribution in [-0.4, -0.2) is 5.88 Å². The number of anilines is 1. The van der Waals surface area contributed by atoms with E-state index in [1.54, 1.807) is 18.2 Å². The van der Waals surface area contributed by atoms with Gasteiger partial charge in [-0.05, 0) is 18.2 Å². The first-order valence-corrected chi connectivity index (χ1v) is 4.75. The highest BCUT2D eigenvalue weighted by Gasteiger charge is 1.95. The summed E-state index contributed by atoms with van der Waals surface area (Å²) in [6.45, 7) is 0. The molecule has 0 aliphatic carbocycles. The van der Waals surface area contributed by atoms with Crippen molar-refractivity contribution in [2.45, 2.75) is 6.42 Å². The minimum atomic E-state index is 0.542. The number of nitrogen functional groups attached to an aromatic ring is 1. The molecular weight excluding hydrogens is 205 g/mol. The molecule has 3 heteroatoms. The molecule has 0 aromatic heterocycles. The number of benzene rings is 1. The van der Waals surface area contributed by atoms with Crippen LogP contribution in [0.5, 0.6) is 0 Å². The molecule has 0 heterocycles. The molecule has 0 bridgehead atoms. The lowest BCUT2D eigenvalue weighted by atomic mass is 10.2. The molecule has 0 saturated heterocycles. The summed E-state index contributed by atoms with van der Waals surface area (Å²) in [4.78, 5) is 0. The first-order valence-electron chi connectivity index (χ1n) is 3.84. The average Bonchev–Trinajstić information content (AvgIpc) is 2.09. The van der Waals surface area contributed by atoms with Crippen LogP contribution in [0.2, 0.25) is 5.02 Å². The smallest absolute Gasteiger partial charge is 0.0488 e. The Morgan fingerprint density at radius 1 is 1.38 bits per heavy atom. The van der Waals surface area contributed by atoms with Crippen molar-refractivity contribution >= 4 is 28.9 Å². The molecule has 0 aliphatic rings. The van der Waals surface area contributed by atoms with Gasteiger partial charge in [-0.2, -0.15) is 0 Å². The monoisotopic (exact) mass is 213 g/mol. The second-order valence-electron chi connectivity index (χ2n) is 2.47. The maximum Gasteiger partial charge on any atom is 0.0488 e. The summed E-state index contributed by atoms with van der Waals surface area (Å²) in [5, 5.41) is 0.625. The van der Waals surface area contributed by atoms with Crippen molar-refractivity contribution in [3.8, 4) is 11.8 Å². The zero-order chi connectivity index (χ0) is 9.68. The van der Waals surface area contributed by atoms with E-state index < -0.39 is 0 Å². The molecule has 0 radical (unpaired) electrons. The van der Waals surface area contributed by atoms with Crippen LogP contribution < -0.4 is 5.73 Å². The molecule has 0 fully saturated rings. The number of nitrogens with two attached hydrogens (primary N) is 1. The number of halogens is 2. The van der Waals surface area contributed by atoms with Gasteiger partial charge in [0.15, 0.2) is 0 Å². The van der Waals surface area contributed by atoms with Gasteiger partial charge < -0.3 is 5.73 Å². The minimum Gasteiger partial charge on any atom is -0.398 e. The van der Waals surface area contributed by atoms with Crippen molar-refractivity contribution in [1.82, 2.24) is 0 Å². The highest BCUT2D eigenvalue weighted by molar-refractivity contribution is 6.30. The van der Waals surface area contributed by atoms with Crippen molar-refractivity contribution in [3.63, 3.8) is 0 Å². The lowest BCUT2D eigenvalue weighted by Gasteiger charge is -1.97. The van der Waals surface area contributed by atoms with Crippen molar-refractivity contribution in [2.24, 2.45) is 0 Å². The molecule has 0 spiro atoms. The largest absolute Gasteiger partial charge is 0.398 e. The van der Waals surface area contributed by atoms with Gasteiger partial charge in [-0.3, -0.25) is 0 Å². The van der Waals surface area contributed by atoms with Crippen LogP contribution >= 0.6 is 23.2 Å². The summed E-state index contributed by atoms with van der Waals surface area (Å²) >= 11 is 11.2. The van der Waals surface area contributed by atoms with E-state index in [9.17, 15) is 0 Å². The van der Waals surface area contributed by atoms with E-state index in [-0.39, 0.29) is 0 Å². The molecule has 68 valence electrons. The molecule has 13 heavy (non-hydrogen) atoms. The summed E-state index contributed by atoms with van der Waals surface area (Å²) in [7, 11) is 0. The van der Waals surface area contributed by atoms with Crippen LogP contribution in [0.25, 0.3) is 0 Å². The van der Waals surface area contributed by atoms with Gasteiger partial charge in [0.2, 0.25) is 0 Å². The maximum atomic E-state index is 5.73. The van der Waals surface area contributed by atoms with Crippen LogP contribution in [-0.2, 0) is 0 Å². The fraction of sp³-hybridized carbons (Fsp3) is 0.200. The van der Waals surface area contributed by atoms with E-state index in [1.165, 1.54) is 0 Å². The quantitative estimate of drug-likeness (QED) is 0.434. The molecule has 0 atom stereocenters. The summed E-state index contributed by atoms with van der Waals surface area (Å²) in [5.41, 5.74) is 7.09. The Hall–Kier alpha value is -0.840. The third kappa shape index (κ3) is 3.18.